The van der Waals surface area contributed by atoms with Crippen molar-refractivity contribution in [3.63, 3.8) is 0 Å². The average Bonchev–Trinajstić information content (AvgIpc) is 2.28. The fourth-order valence-electron chi connectivity index (χ4n) is 1.96. The van der Waals surface area contributed by atoms with Gasteiger partial charge in [0, 0.05) is 24.5 Å². The zero-order valence-electron chi connectivity index (χ0n) is 12.6. The van der Waals surface area contributed by atoms with Gasteiger partial charge in [-0.1, -0.05) is 20.8 Å². The van der Waals surface area contributed by atoms with Crippen molar-refractivity contribution in [3.8, 4) is 0 Å². The molecule has 0 aliphatic heterocycles. The number of nitrogens with zero attached hydrogens (tertiary/aromatic N) is 1. The molecular formula is C15H24N2O2. The van der Waals surface area contributed by atoms with Gasteiger partial charge in [0.05, 0.1) is 5.56 Å². The number of carboxylic acids is 1. The molecule has 0 aromatic heterocycles. The smallest absolute Gasteiger partial charge is 0.337 e. The molecule has 4 heteroatoms. The lowest BCUT2D eigenvalue weighted by atomic mass is 9.86. The summed E-state index contributed by atoms with van der Waals surface area (Å²) >= 11 is 0. The summed E-state index contributed by atoms with van der Waals surface area (Å²) in [7, 11) is 1.98. The van der Waals surface area contributed by atoms with Crippen LogP contribution in [-0.2, 0) is 0 Å². The van der Waals surface area contributed by atoms with Gasteiger partial charge in [-0.25, -0.2) is 4.79 Å². The predicted molar refractivity (Wildman–Crippen MR) is 79.9 cm³/mol. The SMILES string of the molecule is Cc1cc(N(C)C(C)C(C)(C)C)cc(C(=O)O)c1N. The highest BCUT2D eigenvalue weighted by atomic mass is 16.4. The Kier molecular flexibility index (Phi) is 4.13. The van der Waals surface area contributed by atoms with Crippen LogP contribution < -0.4 is 10.6 Å². The molecule has 0 saturated carbocycles. The van der Waals surface area contributed by atoms with E-state index >= 15 is 0 Å². The Morgan fingerprint density at radius 1 is 1.37 bits per heavy atom. The van der Waals surface area contributed by atoms with Crippen LogP contribution in [-0.4, -0.2) is 24.2 Å². The number of carboxylic acid groups (broad SMARTS) is 1. The maximum absolute atomic E-state index is 11.2. The van der Waals surface area contributed by atoms with Crippen LogP contribution in [0.25, 0.3) is 0 Å². The fraction of sp³-hybridized carbons (Fsp3) is 0.533. The lowest BCUT2D eigenvalue weighted by Gasteiger charge is -2.37. The Labute approximate surface area is 115 Å². The number of rotatable bonds is 3. The Morgan fingerprint density at radius 3 is 2.32 bits per heavy atom. The molecule has 0 bridgehead atoms. The van der Waals surface area contributed by atoms with E-state index in [0.29, 0.717) is 5.69 Å². The van der Waals surface area contributed by atoms with Gasteiger partial charge in [0.1, 0.15) is 0 Å². The van der Waals surface area contributed by atoms with Gasteiger partial charge >= 0.3 is 5.97 Å². The van der Waals surface area contributed by atoms with Crippen molar-refractivity contribution in [3.05, 3.63) is 23.3 Å². The summed E-state index contributed by atoms with van der Waals surface area (Å²) in [6, 6.07) is 3.86. The summed E-state index contributed by atoms with van der Waals surface area (Å²) in [6.07, 6.45) is 0. The van der Waals surface area contributed by atoms with Crippen molar-refractivity contribution in [1.82, 2.24) is 0 Å². The molecule has 1 rings (SSSR count). The molecule has 0 aliphatic rings. The first-order chi connectivity index (χ1) is 8.55. The normalized spacial score (nSPS) is 13.2. The first-order valence-corrected chi connectivity index (χ1v) is 6.42. The van der Waals surface area contributed by atoms with Gasteiger partial charge in [0.15, 0.2) is 0 Å². The van der Waals surface area contributed by atoms with E-state index in [1.54, 1.807) is 6.07 Å². The molecule has 1 unspecified atom stereocenters. The van der Waals surface area contributed by atoms with Gasteiger partial charge < -0.3 is 15.7 Å². The lowest BCUT2D eigenvalue weighted by molar-refractivity contribution is 0.0698. The molecule has 1 aromatic rings. The van der Waals surface area contributed by atoms with Crippen molar-refractivity contribution in [2.75, 3.05) is 17.7 Å². The van der Waals surface area contributed by atoms with E-state index in [1.165, 1.54) is 0 Å². The van der Waals surface area contributed by atoms with Crippen molar-refractivity contribution < 1.29 is 9.90 Å². The quantitative estimate of drug-likeness (QED) is 0.823. The molecule has 0 amide bonds. The fourth-order valence-corrected chi connectivity index (χ4v) is 1.96. The van der Waals surface area contributed by atoms with Crippen LogP contribution in [0.2, 0.25) is 0 Å². The van der Waals surface area contributed by atoms with E-state index in [-0.39, 0.29) is 17.0 Å². The molecule has 106 valence electrons. The molecule has 19 heavy (non-hydrogen) atoms. The monoisotopic (exact) mass is 264 g/mol. The highest BCUT2D eigenvalue weighted by Gasteiger charge is 2.25. The molecular weight excluding hydrogens is 240 g/mol. The minimum atomic E-state index is -0.987. The standard InChI is InChI=1S/C15H24N2O2/c1-9-7-11(8-12(13(9)16)14(18)19)17(6)10(2)15(3,4)5/h7-8,10H,16H2,1-6H3,(H,18,19). The summed E-state index contributed by atoms with van der Waals surface area (Å²) in [5.41, 5.74) is 8.11. The van der Waals surface area contributed by atoms with Crippen LogP contribution in [0.15, 0.2) is 12.1 Å². The second kappa shape index (κ2) is 5.11. The van der Waals surface area contributed by atoms with Gasteiger partial charge in [-0.2, -0.15) is 0 Å². The van der Waals surface area contributed by atoms with Crippen molar-refractivity contribution in [2.45, 2.75) is 40.7 Å². The molecule has 0 heterocycles. The van der Waals surface area contributed by atoms with Crippen molar-refractivity contribution in [2.24, 2.45) is 5.41 Å². The molecule has 3 N–H and O–H groups in total. The molecule has 0 aliphatic carbocycles. The van der Waals surface area contributed by atoms with Crippen LogP contribution in [0.1, 0.15) is 43.6 Å². The van der Waals surface area contributed by atoms with Gasteiger partial charge in [-0.3, -0.25) is 0 Å². The topological polar surface area (TPSA) is 66.6 Å². The molecule has 0 saturated heterocycles. The van der Waals surface area contributed by atoms with E-state index in [1.807, 2.05) is 20.0 Å². The summed E-state index contributed by atoms with van der Waals surface area (Å²) in [5.74, 6) is -0.987. The number of nitrogens with two attached hydrogens (primary N) is 1. The maximum atomic E-state index is 11.2. The largest absolute Gasteiger partial charge is 0.478 e. The lowest BCUT2D eigenvalue weighted by Crippen LogP contribution is -2.39. The average molecular weight is 264 g/mol. The van der Waals surface area contributed by atoms with Gasteiger partial charge in [0.25, 0.3) is 0 Å². The second-order valence-corrected chi connectivity index (χ2v) is 6.18. The Hall–Kier alpha value is -1.71. The van der Waals surface area contributed by atoms with E-state index < -0.39 is 5.97 Å². The second-order valence-electron chi connectivity index (χ2n) is 6.18. The molecule has 0 radical (unpaired) electrons. The number of hydrogen-bond acceptors (Lipinski definition) is 3. The first kappa shape index (κ1) is 15.3. The van der Waals surface area contributed by atoms with Gasteiger partial charge in [-0.05, 0) is 37.0 Å². The van der Waals surface area contributed by atoms with Crippen LogP contribution in [0.3, 0.4) is 0 Å². The zero-order chi connectivity index (χ0) is 15.0. The number of nitrogen functional groups attached to an aromatic ring is 1. The van der Waals surface area contributed by atoms with E-state index in [4.69, 9.17) is 5.73 Å². The first-order valence-electron chi connectivity index (χ1n) is 6.42. The van der Waals surface area contributed by atoms with Crippen LogP contribution >= 0.6 is 0 Å². The minimum absolute atomic E-state index is 0.105. The maximum Gasteiger partial charge on any atom is 0.337 e. The third-order valence-corrected chi connectivity index (χ3v) is 3.84. The van der Waals surface area contributed by atoms with E-state index in [2.05, 4.69) is 32.6 Å². The zero-order valence-corrected chi connectivity index (χ0v) is 12.6. The molecule has 0 fully saturated rings. The molecule has 4 nitrogen and oxygen atoms in total. The van der Waals surface area contributed by atoms with Crippen LogP contribution in [0, 0.1) is 12.3 Å². The van der Waals surface area contributed by atoms with E-state index in [0.717, 1.165) is 11.3 Å². The van der Waals surface area contributed by atoms with Gasteiger partial charge in [-0.15, -0.1) is 0 Å². The molecule has 1 atom stereocenters. The number of anilines is 2. The van der Waals surface area contributed by atoms with Crippen molar-refractivity contribution >= 4 is 17.3 Å². The number of carbonyl (C=O) groups is 1. The predicted octanol–water partition coefficient (Wildman–Crippen LogP) is 3.15. The number of aryl methyl sites for hydroxylation is 1. The van der Waals surface area contributed by atoms with Gasteiger partial charge in [0.2, 0.25) is 0 Å². The molecule has 1 aromatic carbocycles. The number of aromatic carboxylic acids is 1. The highest BCUT2D eigenvalue weighted by Crippen LogP contribution is 2.30. The Morgan fingerprint density at radius 2 is 1.89 bits per heavy atom. The number of benzene rings is 1. The Bertz CT molecular complexity index is 490. The molecule has 0 spiro atoms. The van der Waals surface area contributed by atoms with Crippen LogP contribution in [0.5, 0.6) is 0 Å². The minimum Gasteiger partial charge on any atom is -0.478 e. The third-order valence-electron chi connectivity index (χ3n) is 3.84. The van der Waals surface area contributed by atoms with E-state index in [9.17, 15) is 9.90 Å². The third kappa shape index (κ3) is 3.19. The van der Waals surface area contributed by atoms with Crippen LogP contribution in [0.4, 0.5) is 11.4 Å². The van der Waals surface area contributed by atoms with Crippen molar-refractivity contribution in [1.29, 1.82) is 0 Å². The summed E-state index contributed by atoms with van der Waals surface area (Å²) in [5, 5.41) is 9.20. The summed E-state index contributed by atoms with van der Waals surface area (Å²) in [6.45, 7) is 10.5. The highest BCUT2D eigenvalue weighted by molar-refractivity contribution is 5.95. The summed E-state index contributed by atoms with van der Waals surface area (Å²) < 4.78 is 0. The number of hydrogen-bond donors (Lipinski definition) is 2. The Balaban J connectivity index is 3.25. The summed E-state index contributed by atoms with van der Waals surface area (Å²) in [4.78, 5) is 13.3.